The molecule has 0 radical (unpaired) electrons. The highest BCUT2D eigenvalue weighted by Crippen LogP contribution is 2.12. The van der Waals surface area contributed by atoms with E-state index >= 15 is 0 Å². The summed E-state index contributed by atoms with van der Waals surface area (Å²) in [6, 6.07) is -0.564. The van der Waals surface area contributed by atoms with Crippen LogP contribution in [-0.4, -0.2) is 54.7 Å². The van der Waals surface area contributed by atoms with E-state index in [1.165, 1.54) is 0 Å². The van der Waals surface area contributed by atoms with Gasteiger partial charge >= 0.3 is 12.0 Å². The Morgan fingerprint density at radius 1 is 1.50 bits per heavy atom. The van der Waals surface area contributed by atoms with Gasteiger partial charge in [0.1, 0.15) is 0 Å². The molecule has 1 heterocycles. The molecule has 2 amide bonds. The first-order chi connectivity index (χ1) is 8.51. The Morgan fingerprint density at radius 3 is 2.72 bits per heavy atom. The number of rotatable bonds is 6. The van der Waals surface area contributed by atoms with Crippen LogP contribution in [0.3, 0.4) is 0 Å². The maximum atomic E-state index is 11.6. The molecule has 1 aliphatic rings. The smallest absolute Gasteiger partial charge is 0.315 e. The summed E-state index contributed by atoms with van der Waals surface area (Å²) in [5.74, 6) is -0.389. The zero-order valence-corrected chi connectivity index (χ0v) is 11.1. The van der Waals surface area contributed by atoms with Crippen LogP contribution in [-0.2, 0) is 4.79 Å². The van der Waals surface area contributed by atoms with Crippen LogP contribution in [0.4, 0.5) is 4.79 Å². The molecule has 6 nitrogen and oxygen atoms in total. The SMILES string of the molecule is CCC(CC(=O)O)NC(=O)NCC1CCN(C)C1. The number of nitrogens with zero attached hydrogens (tertiary/aromatic N) is 1. The summed E-state index contributed by atoms with van der Waals surface area (Å²) in [7, 11) is 2.07. The number of nitrogens with one attached hydrogen (secondary N) is 2. The molecule has 1 saturated heterocycles. The van der Waals surface area contributed by atoms with Gasteiger partial charge in [-0.25, -0.2) is 4.79 Å². The number of carbonyl (C=O) groups is 2. The molecule has 2 atom stereocenters. The van der Waals surface area contributed by atoms with Crippen molar-refractivity contribution in [2.75, 3.05) is 26.7 Å². The van der Waals surface area contributed by atoms with Crippen molar-refractivity contribution in [1.82, 2.24) is 15.5 Å². The lowest BCUT2D eigenvalue weighted by molar-refractivity contribution is -0.137. The van der Waals surface area contributed by atoms with Crippen LogP contribution in [0.5, 0.6) is 0 Å². The standard InChI is InChI=1S/C12H23N3O3/c1-3-10(6-11(16)17)14-12(18)13-7-9-4-5-15(2)8-9/h9-10H,3-8H2,1-2H3,(H,16,17)(H2,13,14,18). The van der Waals surface area contributed by atoms with Crippen molar-refractivity contribution in [2.24, 2.45) is 5.92 Å². The van der Waals surface area contributed by atoms with Crippen molar-refractivity contribution in [3.8, 4) is 0 Å². The van der Waals surface area contributed by atoms with E-state index < -0.39 is 5.97 Å². The second kappa shape index (κ2) is 7.20. The molecule has 104 valence electrons. The van der Waals surface area contributed by atoms with E-state index in [0.29, 0.717) is 18.9 Å². The second-order valence-electron chi connectivity index (χ2n) is 4.97. The number of amides is 2. The van der Waals surface area contributed by atoms with Gasteiger partial charge in [0.2, 0.25) is 0 Å². The molecule has 2 unspecified atom stereocenters. The Hall–Kier alpha value is -1.30. The molecule has 0 aromatic carbocycles. The number of urea groups is 1. The third-order valence-electron chi connectivity index (χ3n) is 3.29. The van der Waals surface area contributed by atoms with Gasteiger partial charge in [-0.2, -0.15) is 0 Å². The number of carboxylic acid groups (broad SMARTS) is 1. The van der Waals surface area contributed by atoms with E-state index in [1.807, 2.05) is 6.92 Å². The molecule has 1 rings (SSSR count). The molecule has 6 heteroatoms. The van der Waals surface area contributed by atoms with Crippen molar-refractivity contribution < 1.29 is 14.7 Å². The van der Waals surface area contributed by atoms with E-state index in [1.54, 1.807) is 0 Å². The molecule has 0 aromatic rings. The molecule has 1 aliphatic heterocycles. The Labute approximate surface area is 108 Å². The van der Waals surface area contributed by atoms with Crippen LogP contribution in [0.15, 0.2) is 0 Å². The summed E-state index contributed by atoms with van der Waals surface area (Å²) in [5, 5.41) is 14.2. The number of hydrogen-bond donors (Lipinski definition) is 3. The van der Waals surface area contributed by atoms with Gasteiger partial charge in [0, 0.05) is 19.1 Å². The van der Waals surface area contributed by atoms with Crippen molar-refractivity contribution in [2.45, 2.75) is 32.2 Å². The number of likely N-dealkylation sites (tertiary alicyclic amines) is 1. The second-order valence-corrected chi connectivity index (χ2v) is 4.97. The molecule has 0 aromatic heterocycles. The van der Waals surface area contributed by atoms with Crippen LogP contribution in [0.25, 0.3) is 0 Å². The van der Waals surface area contributed by atoms with Crippen molar-refractivity contribution >= 4 is 12.0 Å². The minimum atomic E-state index is -0.889. The van der Waals surface area contributed by atoms with Crippen LogP contribution in [0.2, 0.25) is 0 Å². The van der Waals surface area contributed by atoms with Crippen molar-refractivity contribution in [3.05, 3.63) is 0 Å². The predicted octanol–water partition coefficient (Wildman–Crippen LogP) is 0.491. The third-order valence-corrected chi connectivity index (χ3v) is 3.29. The number of aliphatic carboxylic acids is 1. The van der Waals surface area contributed by atoms with Crippen molar-refractivity contribution in [3.63, 3.8) is 0 Å². The summed E-state index contributed by atoms with van der Waals surface area (Å²) < 4.78 is 0. The first-order valence-corrected chi connectivity index (χ1v) is 6.46. The van der Waals surface area contributed by atoms with Crippen LogP contribution in [0.1, 0.15) is 26.2 Å². The molecule has 3 N–H and O–H groups in total. The highest BCUT2D eigenvalue weighted by Gasteiger charge is 2.20. The Morgan fingerprint density at radius 2 is 2.22 bits per heavy atom. The van der Waals surface area contributed by atoms with Crippen LogP contribution >= 0.6 is 0 Å². The van der Waals surface area contributed by atoms with E-state index in [4.69, 9.17) is 5.11 Å². The fourth-order valence-electron chi connectivity index (χ4n) is 2.17. The fraction of sp³-hybridized carbons (Fsp3) is 0.833. The predicted molar refractivity (Wildman–Crippen MR) is 68.5 cm³/mol. The van der Waals surface area contributed by atoms with Gasteiger partial charge in [-0.05, 0) is 32.4 Å². The number of carboxylic acids is 1. The molecule has 0 aliphatic carbocycles. The quantitative estimate of drug-likeness (QED) is 0.647. The lowest BCUT2D eigenvalue weighted by Crippen LogP contribution is -2.44. The normalized spacial score (nSPS) is 21.6. The van der Waals surface area contributed by atoms with Gasteiger partial charge in [0.25, 0.3) is 0 Å². The number of carbonyl (C=O) groups excluding carboxylic acids is 1. The average molecular weight is 257 g/mol. The molecule has 18 heavy (non-hydrogen) atoms. The van der Waals surface area contributed by atoms with Crippen molar-refractivity contribution in [1.29, 1.82) is 0 Å². The lowest BCUT2D eigenvalue weighted by Gasteiger charge is -2.17. The zero-order chi connectivity index (χ0) is 13.5. The molecule has 1 fully saturated rings. The third kappa shape index (κ3) is 5.35. The van der Waals surface area contributed by atoms with Crippen LogP contribution in [0, 0.1) is 5.92 Å². The van der Waals surface area contributed by atoms with Gasteiger partial charge in [0.15, 0.2) is 0 Å². The first-order valence-electron chi connectivity index (χ1n) is 6.46. The maximum Gasteiger partial charge on any atom is 0.315 e. The number of hydrogen-bond acceptors (Lipinski definition) is 3. The monoisotopic (exact) mass is 257 g/mol. The van der Waals surface area contributed by atoms with E-state index in [0.717, 1.165) is 19.5 Å². The van der Waals surface area contributed by atoms with Gasteiger partial charge in [0.05, 0.1) is 6.42 Å². The molecular weight excluding hydrogens is 234 g/mol. The lowest BCUT2D eigenvalue weighted by atomic mass is 10.1. The summed E-state index contributed by atoms with van der Waals surface area (Å²) in [6.45, 7) is 4.59. The van der Waals surface area contributed by atoms with Gasteiger partial charge in [-0.3, -0.25) is 4.79 Å². The van der Waals surface area contributed by atoms with E-state index in [9.17, 15) is 9.59 Å². The molecule has 0 spiro atoms. The largest absolute Gasteiger partial charge is 0.481 e. The fourth-order valence-corrected chi connectivity index (χ4v) is 2.17. The molecule has 0 bridgehead atoms. The molecule has 0 saturated carbocycles. The summed E-state index contributed by atoms with van der Waals surface area (Å²) in [6.07, 6.45) is 1.69. The van der Waals surface area contributed by atoms with E-state index in [2.05, 4.69) is 22.6 Å². The van der Waals surface area contributed by atoms with Gasteiger partial charge in [-0.1, -0.05) is 6.92 Å². The Balaban J connectivity index is 2.21. The minimum absolute atomic E-state index is 0.0317. The van der Waals surface area contributed by atoms with Gasteiger partial charge < -0.3 is 20.6 Å². The summed E-state index contributed by atoms with van der Waals surface area (Å²) >= 11 is 0. The Bertz CT molecular complexity index is 296. The topological polar surface area (TPSA) is 81.7 Å². The summed E-state index contributed by atoms with van der Waals surface area (Å²) in [4.78, 5) is 24.4. The van der Waals surface area contributed by atoms with E-state index in [-0.39, 0.29) is 18.5 Å². The Kier molecular flexibility index (Phi) is 5.91. The molecular formula is C12H23N3O3. The average Bonchev–Trinajstić information content (AvgIpc) is 2.71. The van der Waals surface area contributed by atoms with Crippen LogP contribution < -0.4 is 10.6 Å². The maximum absolute atomic E-state index is 11.6. The highest BCUT2D eigenvalue weighted by molar-refractivity contribution is 5.75. The summed E-state index contributed by atoms with van der Waals surface area (Å²) in [5.41, 5.74) is 0. The first kappa shape index (κ1) is 14.8. The highest BCUT2D eigenvalue weighted by atomic mass is 16.4. The van der Waals surface area contributed by atoms with Gasteiger partial charge in [-0.15, -0.1) is 0 Å². The minimum Gasteiger partial charge on any atom is -0.481 e. The zero-order valence-electron chi connectivity index (χ0n) is 11.1.